The number of unbranched alkanes of at least 4 members (excludes halogenated alkanes) is 16. The first kappa shape index (κ1) is 59.0. The Morgan fingerprint density at radius 1 is 0.590 bits per heavy atom. The van der Waals surface area contributed by atoms with Crippen molar-refractivity contribution in [1.29, 1.82) is 0 Å². The number of hydrogen-bond acceptors (Lipinski definition) is 11. The minimum Gasteiger partial charge on any atom is -0.462 e. The van der Waals surface area contributed by atoms with Crippen LogP contribution in [-0.4, -0.2) is 81.6 Å². The van der Waals surface area contributed by atoms with Crippen molar-refractivity contribution >= 4 is 27.6 Å². The Labute approximate surface area is 367 Å². The average Bonchev–Trinajstić information content (AvgIpc) is 3.20. The van der Waals surface area contributed by atoms with E-state index in [1.165, 1.54) is 77.0 Å². The largest absolute Gasteiger partial charge is 0.472 e. The molecule has 0 heterocycles. The van der Waals surface area contributed by atoms with Gasteiger partial charge in [0.25, 0.3) is 0 Å². The van der Waals surface area contributed by atoms with Gasteiger partial charge in [0.1, 0.15) is 12.7 Å². The number of esters is 2. The molecule has 0 spiro atoms. The van der Waals surface area contributed by atoms with Crippen LogP contribution in [0.2, 0.25) is 0 Å². The monoisotopic (exact) mass is 909 g/mol. The molecule has 0 bridgehead atoms. The van der Waals surface area contributed by atoms with Gasteiger partial charge < -0.3 is 34.4 Å². The number of allylic oxidation sites excluding steroid dienone is 6. The molecular formula is C45H82O14P2. The van der Waals surface area contributed by atoms with Crippen molar-refractivity contribution in [2.45, 2.75) is 193 Å². The van der Waals surface area contributed by atoms with Crippen LogP contribution in [0.3, 0.4) is 0 Å². The minimum absolute atomic E-state index is 0.0853. The normalized spacial score (nSPS) is 15.0. The van der Waals surface area contributed by atoms with Gasteiger partial charge in [-0.1, -0.05) is 166 Å². The Kier molecular flexibility index (Phi) is 38.3. The van der Waals surface area contributed by atoms with E-state index >= 15 is 0 Å². The van der Waals surface area contributed by atoms with Crippen molar-refractivity contribution < 1.29 is 66.7 Å². The third-order valence-electron chi connectivity index (χ3n) is 9.47. The molecule has 0 saturated carbocycles. The van der Waals surface area contributed by atoms with Crippen molar-refractivity contribution in [2.75, 3.05) is 26.4 Å². The summed E-state index contributed by atoms with van der Waals surface area (Å²) < 4.78 is 47.7. The maximum Gasteiger partial charge on any atom is 0.472 e. The van der Waals surface area contributed by atoms with E-state index in [-0.39, 0.29) is 12.8 Å². The second-order valence-electron chi connectivity index (χ2n) is 16.0. The van der Waals surface area contributed by atoms with Gasteiger partial charge in [0.05, 0.1) is 25.9 Å². The van der Waals surface area contributed by atoms with Gasteiger partial charge >= 0.3 is 27.6 Å². The van der Waals surface area contributed by atoms with Gasteiger partial charge in [-0.15, -0.1) is 0 Å². The maximum atomic E-state index is 12.7. The number of carbonyl (C=O) groups is 2. The molecule has 16 heteroatoms. The van der Waals surface area contributed by atoms with Crippen LogP contribution >= 0.6 is 15.6 Å². The lowest BCUT2D eigenvalue weighted by atomic mass is 10.0. The summed E-state index contributed by atoms with van der Waals surface area (Å²) in [5, 5.41) is 19.8. The van der Waals surface area contributed by atoms with Gasteiger partial charge in [-0.05, 0) is 50.9 Å². The van der Waals surface area contributed by atoms with Crippen molar-refractivity contribution in [1.82, 2.24) is 0 Å². The van der Waals surface area contributed by atoms with Gasteiger partial charge in [-0.2, -0.15) is 0 Å². The highest BCUT2D eigenvalue weighted by Crippen LogP contribution is 2.43. The molecule has 0 aliphatic heterocycles. The summed E-state index contributed by atoms with van der Waals surface area (Å²) in [6.45, 7) is 3.91. The molecule has 0 fully saturated rings. The number of phosphoric acid groups is 2. The molecule has 0 radical (unpaired) electrons. The number of carbonyl (C=O) groups excluding carboxylic acids is 2. The summed E-state index contributed by atoms with van der Waals surface area (Å²) in [5.41, 5.74) is 0. The zero-order valence-corrected chi connectivity index (χ0v) is 39.3. The third kappa shape index (κ3) is 44.4. The molecule has 0 saturated heterocycles. The Hall–Kier alpha value is -1.96. The summed E-state index contributed by atoms with van der Waals surface area (Å²) >= 11 is 0. The molecule has 14 nitrogen and oxygen atoms in total. The fourth-order valence-electron chi connectivity index (χ4n) is 5.96. The number of phosphoric ester groups is 2. The summed E-state index contributed by atoms with van der Waals surface area (Å²) in [4.78, 5) is 52.7. The van der Waals surface area contributed by atoms with E-state index in [4.69, 9.17) is 23.8 Å². The number of hydrogen-bond donors (Lipinski definition) is 5. The van der Waals surface area contributed by atoms with Crippen molar-refractivity contribution in [3.05, 3.63) is 48.6 Å². The molecule has 0 aromatic rings. The maximum absolute atomic E-state index is 12.7. The van der Waals surface area contributed by atoms with Crippen LogP contribution in [0.5, 0.6) is 0 Å². The first-order chi connectivity index (χ1) is 29.1. The minimum atomic E-state index is -4.88. The van der Waals surface area contributed by atoms with Crippen LogP contribution in [-0.2, 0) is 41.8 Å². The number of aliphatic hydroxyl groups excluding tert-OH is 2. The van der Waals surface area contributed by atoms with Gasteiger partial charge in [-0.25, -0.2) is 9.13 Å². The van der Waals surface area contributed by atoms with Gasteiger partial charge in [0, 0.05) is 12.8 Å². The lowest BCUT2D eigenvalue weighted by Gasteiger charge is -2.20. The van der Waals surface area contributed by atoms with Crippen LogP contribution in [0.4, 0.5) is 0 Å². The van der Waals surface area contributed by atoms with Crippen LogP contribution in [0.15, 0.2) is 48.6 Å². The second-order valence-corrected chi connectivity index (χ2v) is 18.7. The summed E-state index contributed by atoms with van der Waals surface area (Å²) in [7, 11) is -9.71. The van der Waals surface area contributed by atoms with Crippen LogP contribution < -0.4 is 0 Å². The zero-order chi connectivity index (χ0) is 45.5. The molecule has 0 aliphatic carbocycles. The van der Waals surface area contributed by atoms with Gasteiger partial charge in [0.15, 0.2) is 6.10 Å². The highest BCUT2D eigenvalue weighted by Gasteiger charge is 2.28. The molecule has 0 aromatic carbocycles. The number of aliphatic hydroxyl groups is 2. The third-order valence-corrected chi connectivity index (χ3v) is 10.9. The fraction of sp³-hybridized carbons (Fsp3) is 0.778. The molecule has 5 N–H and O–H groups in total. The molecule has 61 heavy (non-hydrogen) atoms. The highest BCUT2D eigenvalue weighted by atomic mass is 31.2. The quantitative estimate of drug-likeness (QED) is 0.0127. The molecule has 0 aliphatic rings. The van der Waals surface area contributed by atoms with Gasteiger partial charge in [-0.3, -0.25) is 23.2 Å². The Bertz CT molecular complexity index is 1300. The van der Waals surface area contributed by atoms with E-state index in [9.17, 15) is 33.8 Å². The topological polar surface area (TPSA) is 216 Å². The van der Waals surface area contributed by atoms with Crippen molar-refractivity contribution in [2.24, 2.45) is 5.92 Å². The molecule has 0 rings (SSSR count). The molecule has 4 atom stereocenters. The second kappa shape index (κ2) is 39.6. The smallest absolute Gasteiger partial charge is 0.462 e. The fourth-order valence-corrected chi connectivity index (χ4v) is 7.11. The van der Waals surface area contributed by atoms with Crippen LogP contribution in [0.25, 0.3) is 0 Å². The van der Waals surface area contributed by atoms with Crippen molar-refractivity contribution in [3.63, 3.8) is 0 Å². The van der Waals surface area contributed by atoms with E-state index in [1.54, 1.807) is 6.08 Å². The summed E-state index contributed by atoms with van der Waals surface area (Å²) in [6.07, 6.45) is 35.6. The summed E-state index contributed by atoms with van der Waals surface area (Å²) in [5.74, 6) is -0.342. The highest BCUT2D eigenvalue weighted by molar-refractivity contribution is 7.47. The van der Waals surface area contributed by atoms with Crippen LogP contribution in [0, 0.1) is 5.92 Å². The van der Waals surface area contributed by atoms with Gasteiger partial charge in [0.2, 0.25) is 0 Å². The van der Waals surface area contributed by atoms with E-state index in [1.807, 2.05) is 36.5 Å². The van der Waals surface area contributed by atoms with E-state index < -0.39 is 72.3 Å². The van der Waals surface area contributed by atoms with Crippen molar-refractivity contribution in [3.8, 4) is 0 Å². The molecular weight excluding hydrogens is 826 g/mol. The van der Waals surface area contributed by atoms with E-state index in [2.05, 4.69) is 35.9 Å². The number of rotatable bonds is 42. The molecule has 1 unspecified atom stereocenters. The first-order valence-electron chi connectivity index (χ1n) is 22.8. The molecule has 356 valence electrons. The Balaban J connectivity index is 4.63. The zero-order valence-electron chi connectivity index (χ0n) is 37.5. The molecule has 0 aromatic heterocycles. The lowest BCUT2D eigenvalue weighted by Crippen LogP contribution is -2.30. The summed E-state index contributed by atoms with van der Waals surface area (Å²) in [6, 6.07) is 0. The van der Waals surface area contributed by atoms with Crippen LogP contribution in [0.1, 0.15) is 175 Å². The Morgan fingerprint density at radius 2 is 1.15 bits per heavy atom. The predicted molar refractivity (Wildman–Crippen MR) is 240 cm³/mol. The lowest BCUT2D eigenvalue weighted by molar-refractivity contribution is -0.161. The SMILES string of the molecule is CCCCC/C=C\C=C/[C@@H](O)C/C=C\C/C=C/CCCC(=O)OC[C@H](COP(=O)(O)OC[C@@H](O)COP(=O)(O)O)OC(=O)CCCCCCCCCCCCCCCC(C)C. The van der Waals surface area contributed by atoms with E-state index in [0.717, 1.165) is 38.0 Å². The first-order valence-corrected chi connectivity index (χ1v) is 25.8. The average molecular weight is 909 g/mol. The number of ether oxygens (including phenoxy) is 2. The standard InChI is InChI=1S/C45H82O14P2/c1-4-5-6-7-16-22-27-32-41(46)33-28-23-18-15-20-24-29-34-44(48)55-38-43(39-58-61(53,54)57-37-42(47)36-56-60(50,51)52)59-45(49)35-30-25-19-14-12-10-8-9-11-13-17-21-26-31-40(2)3/h15-16,20,22-23,27-28,32,40-43,46-47H,4-14,17-19,21,24-26,29-31,33-39H2,1-3H3,(H,53,54)(H2,50,51,52)/b20-15+,22-16-,28-23-,32-27-/t41-,42+,43-/m1/s1. The Morgan fingerprint density at radius 3 is 1.77 bits per heavy atom. The van der Waals surface area contributed by atoms with E-state index in [0.29, 0.717) is 32.1 Å². The molecule has 0 amide bonds. The predicted octanol–water partition coefficient (Wildman–Crippen LogP) is 10.7.